The zero-order chi connectivity index (χ0) is 24.4. The molecule has 1 aromatic rings. The van der Waals surface area contributed by atoms with E-state index in [0.29, 0.717) is 32.2 Å². The monoisotopic (exact) mass is 474 g/mol. The van der Waals surface area contributed by atoms with Gasteiger partial charge in [-0.25, -0.2) is 4.79 Å². The molecule has 2 rings (SSSR count). The number of H-pyrrole nitrogens is 1. The number of halogens is 3. The Morgan fingerprint density at radius 2 is 1.79 bits per heavy atom. The van der Waals surface area contributed by atoms with Gasteiger partial charge in [-0.05, 0) is 25.0 Å². The highest BCUT2D eigenvalue weighted by molar-refractivity contribution is 5.91. The van der Waals surface area contributed by atoms with Gasteiger partial charge in [-0.15, -0.1) is 0 Å². The standard InChI is InChI=1S/C20H25F3N4O6/c21-20(22,23)18(31)25-10-4-2-1-3-9-24-15(29)7-5-13-11-27(19(32)26-17(13)30)16-8-6-14(12-28)33-16/h5-8,11,14,16,28H,1-4,9-10,12H2,(H,24,29)(H,25,31)(H,26,30,32)/b7-5+. The van der Waals surface area contributed by atoms with Crippen molar-refractivity contribution in [2.24, 2.45) is 0 Å². The second kappa shape index (κ2) is 12.2. The van der Waals surface area contributed by atoms with Crippen LogP contribution in [0.25, 0.3) is 6.08 Å². The Bertz CT molecular complexity index is 999. The van der Waals surface area contributed by atoms with Crippen LogP contribution in [0.2, 0.25) is 0 Å². The van der Waals surface area contributed by atoms with Crippen LogP contribution in [0.3, 0.4) is 0 Å². The quantitative estimate of drug-likeness (QED) is 0.207. The second-order valence-electron chi connectivity index (χ2n) is 7.18. The van der Waals surface area contributed by atoms with Gasteiger partial charge in [0.15, 0.2) is 6.23 Å². The fraction of sp³-hybridized carbons (Fsp3) is 0.500. The molecule has 2 amide bonds. The second-order valence-corrected chi connectivity index (χ2v) is 7.18. The third-order valence-corrected chi connectivity index (χ3v) is 4.61. The third-order valence-electron chi connectivity index (χ3n) is 4.61. The van der Waals surface area contributed by atoms with E-state index in [1.165, 1.54) is 12.3 Å². The zero-order valence-electron chi connectivity index (χ0n) is 17.6. The zero-order valence-corrected chi connectivity index (χ0v) is 17.6. The SMILES string of the molecule is O=C(/C=C/c1cn(C2C=CC(CO)O2)c(=O)[nH]c1=O)NCCCCCCNC(=O)C(F)(F)F. The number of unbranched alkanes of at least 4 members (excludes halogenated alkanes) is 3. The lowest BCUT2D eigenvalue weighted by Gasteiger charge is -2.15. The van der Waals surface area contributed by atoms with Gasteiger partial charge in [-0.1, -0.05) is 18.9 Å². The Balaban J connectivity index is 1.73. The number of rotatable bonds is 11. The molecule has 2 heterocycles. The number of hydrogen-bond donors (Lipinski definition) is 4. The van der Waals surface area contributed by atoms with Crippen molar-refractivity contribution in [1.29, 1.82) is 0 Å². The first-order chi connectivity index (χ1) is 15.6. The molecule has 0 bridgehead atoms. The van der Waals surface area contributed by atoms with Crippen molar-refractivity contribution in [1.82, 2.24) is 20.2 Å². The molecular formula is C20H25F3N4O6. The molecule has 0 aromatic carbocycles. The van der Waals surface area contributed by atoms with Crippen LogP contribution in [0, 0.1) is 0 Å². The summed E-state index contributed by atoms with van der Waals surface area (Å²) in [6.45, 7) is -0.0175. The summed E-state index contributed by atoms with van der Waals surface area (Å²) in [7, 11) is 0. The Kier molecular flexibility index (Phi) is 9.60. The predicted molar refractivity (Wildman–Crippen MR) is 111 cm³/mol. The number of hydrogen-bond acceptors (Lipinski definition) is 6. The molecule has 1 aromatic heterocycles. The molecule has 0 saturated heterocycles. The maximum absolute atomic E-state index is 12.0. The van der Waals surface area contributed by atoms with Crippen LogP contribution in [0.15, 0.2) is 34.0 Å². The third kappa shape index (κ3) is 8.35. The number of aromatic amines is 1. The lowest BCUT2D eigenvalue weighted by atomic mass is 10.2. The average Bonchev–Trinajstić information content (AvgIpc) is 3.23. The number of aliphatic hydroxyl groups excluding tert-OH is 1. The van der Waals surface area contributed by atoms with E-state index in [1.54, 1.807) is 17.5 Å². The van der Waals surface area contributed by atoms with Crippen molar-refractivity contribution in [2.75, 3.05) is 19.7 Å². The molecule has 33 heavy (non-hydrogen) atoms. The molecule has 0 radical (unpaired) electrons. The van der Waals surface area contributed by atoms with Gasteiger partial charge in [-0.3, -0.25) is 23.9 Å². The fourth-order valence-electron chi connectivity index (χ4n) is 2.90. The fourth-order valence-corrected chi connectivity index (χ4v) is 2.90. The number of aliphatic hydroxyl groups is 1. The molecule has 1 aliphatic heterocycles. The van der Waals surface area contributed by atoms with Gasteiger partial charge >= 0.3 is 17.8 Å². The number of alkyl halides is 3. The molecule has 182 valence electrons. The minimum absolute atomic E-state index is 0.0510. The molecule has 0 saturated carbocycles. The molecule has 1 aliphatic rings. The van der Waals surface area contributed by atoms with Gasteiger partial charge in [-0.2, -0.15) is 13.2 Å². The maximum Gasteiger partial charge on any atom is 0.471 e. The van der Waals surface area contributed by atoms with Crippen LogP contribution in [0.5, 0.6) is 0 Å². The van der Waals surface area contributed by atoms with Gasteiger partial charge in [0.25, 0.3) is 5.56 Å². The summed E-state index contributed by atoms with van der Waals surface area (Å²) in [6.07, 6.45) is 2.71. The lowest BCUT2D eigenvalue weighted by Crippen LogP contribution is -2.37. The number of aromatic nitrogens is 2. The van der Waals surface area contributed by atoms with E-state index in [-0.39, 0.29) is 18.7 Å². The largest absolute Gasteiger partial charge is 0.471 e. The van der Waals surface area contributed by atoms with E-state index in [2.05, 4.69) is 10.3 Å². The van der Waals surface area contributed by atoms with Crippen molar-refractivity contribution in [3.8, 4) is 0 Å². The van der Waals surface area contributed by atoms with Crippen molar-refractivity contribution >= 4 is 17.9 Å². The van der Waals surface area contributed by atoms with Crippen LogP contribution in [0.1, 0.15) is 37.5 Å². The Morgan fingerprint density at radius 3 is 2.39 bits per heavy atom. The maximum atomic E-state index is 12.0. The topological polar surface area (TPSA) is 143 Å². The summed E-state index contributed by atoms with van der Waals surface area (Å²) >= 11 is 0. The van der Waals surface area contributed by atoms with Crippen molar-refractivity contribution < 1.29 is 32.6 Å². The van der Waals surface area contributed by atoms with Crippen molar-refractivity contribution in [3.63, 3.8) is 0 Å². The van der Waals surface area contributed by atoms with E-state index in [4.69, 9.17) is 9.84 Å². The van der Waals surface area contributed by atoms with E-state index in [9.17, 15) is 32.3 Å². The number of carbonyl (C=O) groups excluding carboxylic acids is 2. The van der Waals surface area contributed by atoms with E-state index >= 15 is 0 Å². The molecule has 4 N–H and O–H groups in total. The van der Waals surface area contributed by atoms with Crippen molar-refractivity contribution in [2.45, 2.75) is 44.2 Å². The van der Waals surface area contributed by atoms with Crippen LogP contribution >= 0.6 is 0 Å². The Labute approximate surface area is 186 Å². The van der Waals surface area contributed by atoms with Gasteiger partial charge in [0, 0.05) is 25.4 Å². The molecule has 2 atom stereocenters. The average molecular weight is 474 g/mol. The number of amides is 2. The highest BCUT2D eigenvalue weighted by Gasteiger charge is 2.38. The summed E-state index contributed by atoms with van der Waals surface area (Å²) in [5.41, 5.74) is -1.33. The normalized spacial score (nSPS) is 18.1. The molecule has 10 nitrogen and oxygen atoms in total. The van der Waals surface area contributed by atoms with Crippen LogP contribution in [-0.4, -0.2) is 58.4 Å². The van der Waals surface area contributed by atoms with E-state index in [1.807, 2.05) is 0 Å². The summed E-state index contributed by atoms with van der Waals surface area (Å²) in [4.78, 5) is 48.7. The minimum atomic E-state index is -4.88. The van der Waals surface area contributed by atoms with Crippen LogP contribution in [-0.2, 0) is 14.3 Å². The number of nitrogens with zero attached hydrogens (tertiary/aromatic N) is 1. The molecule has 0 spiro atoms. The smallest absolute Gasteiger partial charge is 0.393 e. The van der Waals surface area contributed by atoms with Gasteiger partial charge in [0.2, 0.25) is 5.91 Å². The predicted octanol–water partition coefficient (Wildman–Crippen LogP) is 0.351. The first-order valence-corrected chi connectivity index (χ1v) is 10.2. The van der Waals surface area contributed by atoms with E-state index < -0.39 is 41.6 Å². The summed E-state index contributed by atoms with van der Waals surface area (Å²) in [5, 5.41) is 13.5. The summed E-state index contributed by atoms with van der Waals surface area (Å²) < 4.78 is 42.6. The minimum Gasteiger partial charge on any atom is -0.393 e. The summed E-state index contributed by atoms with van der Waals surface area (Å²) in [6, 6.07) is 0. The number of ether oxygens (including phenoxy) is 1. The molecule has 13 heteroatoms. The Hall–Kier alpha value is -3.19. The van der Waals surface area contributed by atoms with Gasteiger partial charge in [0.05, 0.1) is 12.2 Å². The molecule has 2 unspecified atom stereocenters. The van der Waals surface area contributed by atoms with Gasteiger partial charge in [0.1, 0.15) is 6.10 Å². The molecule has 0 aliphatic carbocycles. The number of nitrogens with one attached hydrogen (secondary N) is 3. The first-order valence-electron chi connectivity index (χ1n) is 10.2. The van der Waals surface area contributed by atoms with Crippen LogP contribution in [0.4, 0.5) is 13.2 Å². The van der Waals surface area contributed by atoms with Crippen molar-refractivity contribution in [3.05, 3.63) is 50.8 Å². The lowest BCUT2D eigenvalue weighted by molar-refractivity contribution is -0.173. The molecular weight excluding hydrogens is 449 g/mol. The highest BCUT2D eigenvalue weighted by Crippen LogP contribution is 2.19. The van der Waals surface area contributed by atoms with E-state index in [0.717, 1.165) is 10.6 Å². The van der Waals surface area contributed by atoms with Gasteiger partial charge < -0.3 is 20.5 Å². The Morgan fingerprint density at radius 1 is 1.12 bits per heavy atom. The highest BCUT2D eigenvalue weighted by atomic mass is 19.4. The number of carbonyl (C=O) groups is 2. The molecule has 0 fully saturated rings. The summed E-state index contributed by atoms with van der Waals surface area (Å²) in [5.74, 6) is -2.43. The van der Waals surface area contributed by atoms with Crippen LogP contribution < -0.4 is 21.9 Å². The first kappa shape index (κ1) is 26.1.